The Morgan fingerprint density at radius 3 is 1.89 bits per heavy atom. The van der Waals surface area contributed by atoms with Crippen LogP contribution in [0, 0.1) is 6.92 Å². The molecule has 0 unspecified atom stereocenters. The monoisotopic (exact) mass is 248 g/mol. The molecule has 0 heterocycles. The van der Waals surface area contributed by atoms with Crippen molar-refractivity contribution in [3.8, 4) is 0 Å². The van der Waals surface area contributed by atoms with Gasteiger partial charge in [-0.2, -0.15) is 0 Å². The van der Waals surface area contributed by atoms with E-state index < -0.39 is 0 Å². The van der Waals surface area contributed by atoms with Crippen LogP contribution in [0.3, 0.4) is 0 Å². The molecule has 0 spiro atoms. The lowest BCUT2D eigenvalue weighted by Crippen LogP contribution is -1.92. The van der Waals surface area contributed by atoms with Gasteiger partial charge in [0.25, 0.3) is 0 Å². The van der Waals surface area contributed by atoms with E-state index in [4.69, 9.17) is 0 Å². The van der Waals surface area contributed by atoms with Gasteiger partial charge in [-0.25, -0.2) is 0 Å². The molecule has 0 aliphatic carbocycles. The van der Waals surface area contributed by atoms with Gasteiger partial charge in [-0.15, -0.1) is 0 Å². The summed E-state index contributed by atoms with van der Waals surface area (Å²) in [5, 5.41) is 0. The average Bonchev–Trinajstić information content (AvgIpc) is 2.42. The second-order valence-corrected chi connectivity index (χ2v) is 5.09. The van der Waals surface area contributed by atoms with Crippen LogP contribution in [0.15, 0.2) is 66.7 Å². The van der Waals surface area contributed by atoms with Crippen molar-refractivity contribution < 1.29 is 0 Å². The number of benzene rings is 2. The van der Waals surface area contributed by atoms with Gasteiger partial charge in [0.15, 0.2) is 0 Å². The molecule has 2 rings (SSSR count). The van der Waals surface area contributed by atoms with Crippen LogP contribution in [0.2, 0.25) is 0 Å². The normalized spacial score (nSPS) is 10.1. The van der Waals surface area contributed by atoms with Crippen LogP contribution in [0.5, 0.6) is 0 Å². The van der Waals surface area contributed by atoms with Crippen molar-refractivity contribution in [1.29, 1.82) is 0 Å². The molecule has 0 atom stereocenters. The molecule has 0 aliphatic heterocycles. The van der Waals surface area contributed by atoms with Gasteiger partial charge in [-0.3, -0.25) is 0 Å². The molecule has 96 valence electrons. The van der Waals surface area contributed by atoms with Gasteiger partial charge >= 0.3 is 0 Å². The molecule has 0 bridgehead atoms. The van der Waals surface area contributed by atoms with E-state index in [0.29, 0.717) is 0 Å². The van der Waals surface area contributed by atoms with Gasteiger partial charge in [-0.05, 0) is 43.0 Å². The lowest BCUT2D eigenvalue weighted by Gasteiger charge is -2.14. The summed E-state index contributed by atoms with van der Waals surface area (Å²) in [6.07, 6.45) is 0. The summed E-state index contributed by atoms with van der Waals surface area (Å²) in [4.78, 5) is 0. The molecular weight excluding hydrogens is 228 g/mol. The van der Waals surface area contributed by atoms with E-state index in [1.165, 1.54) is 27.8 Å². The van der Waals surface area contributed by atoms with E-state index in [1.807, 2.05) is 6.07 Å². The Morgan fingerprint density at radius 1 is 0.789 bits per heavy atom. The van der Waals surface area contributed by atoms with Crippen LogP contribution in [0.1, 0.15) is 30.5 Å². The lowest BCUT2D eigenvalue weighted by molar-refractivity contribution is 1.38. The predicted octanol–water partition coefficient (Wildman–Crippen LogP) is 5.50. The molecule has 0 N–H and O–H groups in total. The van der Waals surface area contributed by atoms with E-state index in [-0.39, 0.29) is 0 Å². The Hall–Kier alpha value is -2.08. The first-order valence-corrected chi connectivity index (χ1v) is 6.59. The first kappa shape index (κ1) is 13.4. The molecule has 0 radical (unpaired) electrons. The molecule has 0 aromatic heterocycles. The first-order chi connectivity index (χ1) is 9.09. The van der Waals surface area contributed by atoms with E-state index in [9.17, 15) is 0 Å². The van der Waals surface area contributed by atoms with Crippen LogP contribution in [0.25, 0.3) is 11.1 Å². The van der Waals surface area contributed by atoms with Crippen LogP contribution in [-0.4, -0.2) is 0 Å². The van der Waals surface area contributed by atoms with Crippen molar-refractivity contribution in [1.82, 2.24) is 0 Å². The highest BCUT2D eigenvalue weighted by Crippen LogP contribution is 2.32. The number of hydrogen-bond donors (Lipinski definition) is 0. The first-order valence-electron chi connectivity index (χ1n) is 6.59. The third-order valence-electron chi connectivity index (χ3n) is 3.26. The molecule has 0 nitrogen and oxygen atoms in total. The molecule has 0 aliphatic rings. The van der Waals surface area contributed by atoms with E-state index in [0.717, 1.165) is 5.57 Å². The zero-order valence-corrected chi connectivity index (χ0v) is 11.9. The summed E-state index contributed by atoms with van der Waals surface area (Å²) in [6.45, 7) is 10.7. The summed E-state index contributed by atoms with van der Waals surface area (Å²) in [5.74, 6) is 0. The highest BCUT2D eigenvalue weighted by atomic mass is 14.1. The van der Waals surface area contributed by atoms with Crippen molar-refractivity contribution in [3.63, 3.8) is 0 Å². The summed E-state index contributed by atoms with van der Waals surface area (Å²) >= 11 is 0. The van der Waals surface area contributed by atoms with Crippen molar-refractivity contribution in [2.75, 3.05) is 0 Å². The standard InChI is InChI=1S/C19H20/c1-14(2)19(18-12-10-15(3)11-13-18)16(4)17-8-6-5-7-9-17/h5-13H,4H2,1-3H3. The lowest BCUT2D eigenvalue weighted by atomic mass is 9.90. The second kappa shape index (κ2) is 5.71. The van der Waals surface area contributed by atoms with E-state index in [2.05, 4.69) is 75.9 Å². The predicted molar refractivity (Wildman–Crippen MR) is 84.9 cm³/mol. The molecular formula is C19H20. The fourth-order valence-corrected chi connectivity index (χ4v) is 2.27. The highest BCUT2D eigenvalue weighted by molar-refractivity contribution is 6.04. The maximum atomic E-state index is 4.29. The van der Waals surface area contributed by atoms with Gasteiger partial charge in [0.05, 0.1) is 0 Å². The third-order valence-corrected chi connectivity index (χ3v) is 3.26. The molecule has 0 amide bonds. The van der Waals surface area contributed by atoms with E-state index in [1.54, 1.807) is 0 Å². The number of aryl methyl sites for hydroxylation is 1. The van der Waals surface area contributed by atoms with Gasteiger partial charge < -0.3 is 0 Å². The van der Waals surface area contributed by atoms with E-state index >= 15 is 0 Å². The fourth-order valence-electron chi connectivity index (χ4n) is 2.27. The SMILES string of the molecule is C=C(C(=C(C)C)c1ccc(C)cc1)c1ccccc1. The molecule has 0 saturated carbocycles. The minimum Gasteiger partial charge on any atom is -0.0905 e. The van der Waals surface area contributed by atoms with Crippen molar-refractivity contribution in [3.05, 3.63) is 83.4 Å². The van der Waals surface area contributed by atoms with Crippen molar-refractivity contribution >= 4 is 11.1 Å². The summed E-state index contributed by atoms with van der Waals surface area (Å²) in [5.41, 5.74) is 7.31. The van der Waals surface area contributed by atoms with Crippen LogP contribution >= 0.6 is 0 Å². The fraction of sp³-hybridized carbons (Fsp3) is 0.158. The Balaban J connectivity index is 2.46. The summed E-state index contributed by atoms with van der Waals surface area (Å²) in [6, 6.07) is 19.0. The Kier molecular flexibility index (Phi) is 4.01. The number of rotatable bonds is 3. The zero-order chi connectivity index (χ0) is 13.8. The average molecular weight is 248 g/mol. The smallest absolute Gasteiger partial charge is 0.0125 e. The van der Waals surface area contributed by atoms with Gasteiger partial charge in [-0.1, -0.05) is 72.3 Å². The van der Waals surface area contributed by atoms with Gasteiger partial charge in [0, 0.05) is 0 Å². The topological polar surface area (TPSA) is 0 Å². The Bertz CT molecular complexity index is 594. The molecule has 0 fully saturated rings. The van der Waals surface area contributed by atoms with Gasteiger partial charge in [0.1, 0.15) is 0 Å². The van der Waals surface area contributed by atoms with Gasteiger partial charge in [0.2, 0.25) is 0 Å². The zero-order valence-electron chi connectivity index (χ0n) is 11.9. The highest BCUT2D eigenvalue weighted by Gasteiger charge is 2.09. The second-order valence-electron chi connectivity index (χ2n) is 5.09. The van der Waals surface area contributed by atoms with Crippen molar-refractivity contribution in [2.24, 2.45) is 0 Å². The number of allylic oxidation sites excluding steroid dienone is 3. The maximum absolute atomic E-state index is 4.29. The Morgan fingerprint density at radius 2 is 1.37 bits per heavy atom. The summed E-state index contributed by atoms with van der Waals surface area (Å²) in [7, 11) is 0. The van der Waals surface area contributed by atoms with Crippen molar-refractivity contribution in [2.45, 2.75) is 20.8 Å². The number of hydrogen-bond acceptors (Lipinski definition) is 0. The quantitative estimate of drug-likeness (QED) is 0.629. The molecule has 2 aromatic rings. The Labute approximate surface area is 116 Å². The minimum absolute atomic E-state index is 1.09. The molecule has 0 heteroatoms. The summed E-state index contributed by atoms with van der Waals surface area (Å²) < 4.78 is 0. The molecule has 0 saturated heterocycles. The minimum atomic E-state index is 1.09. The molecule has 19 heavy (non-hydrogen) atoms. The third kappa shape index (κ3) is 3.03. The van der Waals surface area contributed by atoms with Crippen LogP contribution in [-0.2, 0) is 0 Å². The maximum Gasteiger partial charge on any atom is -0.0125 e. The van der Waals surface area contributed by atoms with Crippen LogP contribution in [0.4, 0.5) is 0 Å². The molecule has 2 aromatic carbocycles. The van der Waals surface area contributed by atoms with Crippen LogP contribution < -0.4 is 0 Å². The largest absolute Gasteiger partial charge is 0.0905 e.